The van der Waals surface area contributed by atoms with E-state index < -0.39 is 18.1 Å². The lowest BCUT2D eigenvalue weighted by molar-refractivity contribution is -0.131. The minimum Gasteiger partial charge on any atom is -0.424 e. The van der Waals surface area contributed by atoms with Crippen molar-refractivity contribution in [1.82, 2.24) is 4.98 Å². The number of rotatable bonds is 3. The van der Waals surface area contributed by atoms with E-state index in [9.17, 15) is 15.0 Å². The number of fused-ring (bicyclic) bond motifs is 1. The highest BCUT2D eigenvalue weighted by Crippen LogP contribution is 2.23. The number of carbonyl (C=O) groups excluding carboxylic acids is 1. The first-order valence-corrected chi connectivity index (χ1v) is 4.80. The normalized spacial score (nSPS) is 14.7. The van der Waals surface area contributed by atoms with Crippen LogP contribution in [0.15, 0.2) is 22.6 Å². The molecule has 1 aromatic heterocycles. The van der Waals surface area contributed by atoms with E-state index in [-0.39, 0.29) is 6.01 Å². The summed E-state index contributed by atoms with van der Waals surface area (Å²) in [4.78, 5) is 14.6. The molecular formula is C10H11N3O4. The molecule has 0 radical (unpaired) electrons. The molecule has 0 aliphatic rings. The van der Waals surface area contributed by atoms with E-state index in [0.717, 1.165) is 0 Å². The second kappa shape index (κ2) is 4.04. The largest absolute Gasteiger partial charge is 0.424 e. The molecule has 0 spiro atoms. The maximum atomic E-state index is 10.7. The van der Waals surface area contributed by atoms with Crippen LogP contribution in [0.4, 0.5) is 6.01 Å². The van der Waals surface area contributed by atoms with Crippen LogP contribution in [0.2, 0.25) is 0 Å². The van der Waals surface area contributed by atoms with E-state index in [1.165, 1.54) is 18.2 Å². The van der Waals surface area contributed by atoms with Gasteiger partial charge in [0.2, 0.25) is 5.91 Å². The predicted molar refractivity (Wildman–Crippen MR) is 58.6 cm³/mol. The molecule has 0 aliphatic heterocycles. The van der Waals surface area contributed by atoms with E-state index in [4.69, 9.17) is 15.9 Å². The fourth-order valence-electron chi connectivity index (χ4n) is 1.48. The highest BCUT2D eigenvalue weighted by molar-refractivity contribution is 5.80. The number of hydrogen-bond donors (Lipinski definition) is 4. The highest BCUT2D eigenvalue weighted by atomic mass is 16.4. The van der Waals surface area contributed by atoms with Crippen LogP contribution in [0.25, 0.3) is 11.1 Å². The molecule has 7 nitrogen and oxygen atoms in total. The van der Waals surface area contributed by atoms with Gasteiger partial charge < -0.3 is 26.1 Å². The van der Waals surface area contributed by atoms with Crippen molar-refractivity contribution in [3.8, 4) is 0 Å². The van der Waals surface area contributed by atoms with Crippen molar-refractivity contribution in [3.05, 3.63) is 23.8 Å². The van der Waals surface area contributed by atoms with Gasteiger partial charge in [-0.1, -0.05) is 6.07 Å². The zero-order valence-electron chi connectivity index (χ0n) is 8.70. The maximum Gasteiger partial charge on any atom is 0.292 e. The topological polar surface area (TPSA) is 136 Å². The summed E-state index contributed by atoms with van der Waals surface area (Å²) in [6.45, 7) is 0. The Morgan fingerprint density at radius 2 is 2.12 bits per heavy atom. The fraction of sp³-hybridized carbons (Fsp3) is 0.200. The van der Waals surface area contributed by atoms with Gasteiger partial charge in [0.1, 0.15) is 11.6 Å². The van der Waals surface area contributed by atoms with Crippen LogP contribution in [-0.4, -0.2) is 27.2 Å². The molecule has 2 unspecified atom stereocenters. The Morgan fingerprint density at radius 1 is 1.41 bits per heavy atom. The molecule has 0 aliphatic carbocycles. The zero-order valence-corrected chi connectivity index (χ0v) is 8.70. The molecule has 2 aromatic rings. The maximum absolute atomic E-state index is 10.7. The van der Waals surface area contributed by atoms with E-state index >= 15 is 0 Å². The lowest BCUT2D eigenvalue weighted by Crippen LogP contribution is -2.33. The summed E-state index contributed by atoms with van der Waals surface area (Å²) in [5.41, 5.74) is 11.4. The number of oxazole rings is 1. The summed E-state index contributed by atoms with van der Waals surface area (Å²) in [5.74, 6) is -1.00. The van der Waals surface area contributed by atoms with Crippen LogP contribution in [0.5, 0.6) is 0 Å². The van der Waals surface area contributed by atoms with Crippen LogP contribution in [0, 0.1) is 0 Å². The van der Waals surface area contributed by atoms with Gasteiger partial charge in [-0.25, -0.2) is 0 Å². The second-order valence-corrected chi connectivity index (χ2v) is 3.57. The SMILES string of the molecule is NC(=O)C(O)C(O)c1ccc2oc(N)nc2c1. The fourth-order valence-corrected chi connectivity index (χ4v) is 1.48. The molecule has 6 N–H and O–H groups in total. The van der Waals surface area contributed by atoms with Crippen molar-refractivity contribution in [1.29, 1.82) is 0 Å². The van der Waals surface area contributed by atoms with Gasteiger partial charge in [0.15, 0.2) is 11.7 Å². The van der Waals surface area contributed by atoms with E-state index in [0.29, 0.717) is 16.7 Å². The van der Waals surface area contributed by atoms with Crippen molar-refractivity contribution in [2.75, 3.05) is 5.73 Å². The number of nitrogens with zero attached hydrogens (tertiary/aromatic N) is 1. The molecule has 1 heterocycles. The Balaban J connectivity index is 2.38. The van der Waals surface area contributed by atoms with Gasteiger partial charge in [-0.2, -0.15) is 4.98 Å². The average Bonchev–Trinajstić information content (AvgIpc) is 2.65. The second-order valence-electron chi connectivity index (χ2n) is 3.57. The third kappa shape index (κ3) is 2.05. The third-order valence-electron chi connectivity index (χ3n) is 2.36. The van der Waals surface area contributed by atoms with Gasteiger partial charge in [0.05, 0.1) is 0 Å². The van der Waals surface area contributed by atoms with Gasteiger partial charge in [-0.15, -0.1) is 0 Å². The number of aliphatic hydroxyl groups is 2. The summed E-state index contributed by atoms with van der Waals surface area (Å²) < 4.78 is 5.04. The van der Waals surface area contributed by atoms with Crippen molar-refractivity contribution >= 4 is 23.0 Å². The Morgan fingerprint density at radius 3 is 2.76 bits per heavy atom. The van der Waals surface area contributed by atoms with Crippen LogP contribution in [0.3, 0.4) is 0 Å². The van der Waals surface area contributed by atoms with E-state index in [1.54, 1.807) is 0 Å². The molecule has 7 heteroatoms. The van der Waals surface area contributed by atoms with E-state index in [2.05, 4.69) is 4.98 Å². The minimum atomic E-state index is -1.67. The molecule has 0 bridgehead atoms. The zero-order chi connectivity index (χ0) is 12.6. The third-order valence-corrected chi connectivity index (χ3v) is 2.36. The highest BCUT2D eigenvalue weighted by Gasteiger charge is 2.23. The lowest BCUT2D eigenvalue weighted by Gasteiger charge is -2.14. The van der Waals surface area contributed by atoms with Crippen molar-refractivity contribution in [2.24, 2.45) is 5.73 Å². The van der Waals surface area contributed by atoms with Crippen LogP contribution in [-0.2, 0) is 4.79 Å². The van der Waals surface area contributed by atoms with Crippen molar-refractivity contribution in [3.63, 3.8) is 0 Å². The van der Waals surface area contributed by atoms with Crippen molar-refractivity contribution in [2.45, 2.75) is 12.2 Å². The Bertz CT molecular complexity index is 566. The number of carbonyl (C=O) groups is 1. The first-order chi connectivity index (χ1) is 7.99. The van der Waals surface area contributed by atoms with Gasteiger partial charge in [0.25, 0.3) is 6.01 Å². The molecule has 0 saturated carbocycles. The van der Waals surface area contributed by atoms with Crippen LogP contribution in [0.1, 0.15) is 11.7 Å². The number of hydrogen-bond acceptors (Lipinski definition) is 6. The monoisotopic (exact) mass is 237 g/mol. The first kappa shape index (κ1) is 11.4. The van der Waals surface area contributed by atoms with E-state index in [1.807, 2.05) is 0 Å². The summed E-state index contributed by atoms with van der Waals surface area (Å²) in [7, 11) is 0. The number of aliphatic hydroxyl groups excluding tert-OH is 2. The smallest absolute Gasteiger partial charge is 0.292 e. The predicted octanol–water partition coefficient (Wildman–Crippen LogP) is -0.710. The number of primary amides is 1. The van der Waals surface area contributed by atoms with Crippen molar-refractivity contribution < 1.29 is 19.4 Å². The summed E-state index contributed by atoms with van der Waals surface area (Å²) in [6, 6.07) is 4.49. The summed E-state index contributed by atoms with van der Waals surface area (Å²) in [5, 5.41) is 19.0. The average molecular weight is 237 g/mol. The molecule has 0 saturated heterocycles. The minimum absolute atomic E-state index is 0.00193. The standard InChI is InChI=1S/C10H11N3O4/c11-9(16)8(15)7(14)4-1-2-6-5(3-4)13-10(12)17-6/h1-3,7-8,14-15H,(H2,11,16)(H2,12,13). The Labute approximate surface area is 95.7 Å². The van der Waals surface area contributed by atoms with Gasteiger partial charge in [0, 0.05) is 0 Å². The Kier molecular flexibility index (Phi) is 2.70. The number of amides is 1. The molecule has 1 amide bonds. The first-order valence-electron chi connectivity index (χ1n) is 4.80. The van der Waals surface area contributed by atoms with Gasteiger partial charge in [-0.3, -0.25) is 4.79 Å². The molecule has 1 aromatic carbocycles. The number of nitrogens with two attached hydrogens (primary N) is 2. The molecule has 2 atom stereocenters. The summed E-state index contributed by atoms with van der Waals surface area (Å²) >= 11 is 0. The molecule has 17 heavy (non-hydrogen) atoms. The lowest BCUT2D eigenvalue weighted by atomic mass is 10.0. The number of anilines is 1. The molecule has 0 fully saturated rings. The summed E-state index contributed by atoms with van der Waals surface area (Å²) in [6.07, 6.45) is -3.08. The Hall–Kier alpha value is -2.12. The van der Waals surface area contributed by atoms with Gasteiger partial charge in [-0.05, 0) is 17.7 Å². The number of aromatic nitrogens is 1. The molecule has 2 rings (SSSR count). The number of benzene rings is 1. The number of nitrogen functional groups attached to an aromatic ring is 1. The van der Waals surface area contributed by atoms with Crippen LogP contribution < -0.4 is 11.5 Å². The van der Waals surface area contributed by atoms with Crippen LogP contribution >= 0.6 is 0 Å². The molecular weight excluding hydrogens is 226 g/mol. The molecule has 90 valence electrons. The van der Waals surface area contributed by atoms with Gasteiger partial charge >= 0.3 is 0 Å². The quantitative estimate of drug-likeness (QED) is 0.556.